The number of fused-ring (bicyclic) bond motifs is 1. The lowest BCUT2D eigenvalue weighted by atomic mass is 9.85. The second kappa shape index (κ2) is 8.35. The average molecular weight is 363 g/mol. The van der Waals surface area contributed by atoms with Crippen LogP contribution in [-0.2, 0) is 17.6 Å². The number of anilines is 1. The summed E-state index contributed by atoms with van der Waals surface area (Å²) in [7, 11) is 0. The number of carbonyl (C=O) groups is 2. The van der Waals surface area contributed by atoms with Gasteiger partial charge >= 0.3 is 0 Å². The van der Waals surface area contributed by atoms with Gasteiger partial charge in [0.2, 0.25) is 5.91 Å². The number of thiophene rings is 1. The number of nitrogens with two attached hydrogens (primary N) is 1. The van der Waals surface area contributed by atoms with Crippen LogP contribution in [0.15, 0.2) is 0 Å². The van der Waals surface area contributed by atoms with Crippen LogP contribution in [-0.4, -0.2) is 11.8 Å². The highest BCUT2D eigenvalue weighted by Crippen LogP contribution is 2.40. The van der Waals surface area contributed by atoms with Crippen LogP contribution in [0.5, 0.6) is 0 Å². The number of primary amides is 1. The molecule has 0 radical (unpaired) electrons. The SMILES string of the molecule is CC[C@@H]1CCc2c(sc(NC(=O)CCC3CCCCC3)c2C(N)=O)C1. The van der Waals surface area contributed by atoms with Crippen LogP contribution in [0.25, 0.3) is 0 Å². The van der Waals surface area contributed by atoms with E-state index in [9.17, 15) is 9.59 Å². The second-order valence-electron chi connectivity index (χ2n) is 7.68. The molecule has 3 rings (SSSR count). The first-order valence-electron chi connectivity index (χ1n) is 9.82. The Morgan fingerprint density at radius 2 is 1.92 bits per heavy atom. The molecule has 0 spiro atoms. The first-order valence-corrected chi connectivity index (χ1v) is 10.6. The van der Waals surface area contributed by atoms with Crippen molar-refractivity contribution < 1.29 is 9.59 Å². The normalized spacial score (nSPS) is 20.9. The Morgan fingerprint density at radius 1 is 1.16 bits per heavy atom. The lowest BCUT2D eigenvalue weighted by Gasteiger charge is -2.21. The summed E-state index contributed by atoms with van der Waals surface area (Å²) >= 11 is 1.57. The van der Waals surface area contributed by atoms with E-state index < -0.39 is 5.91 Å². The van der Waals surface area contributed by atoms with Gasteiger partial charge in [0.05, 0.1) is 5.56 Å². The van der Waals surface area contributed by atoms with Crippen molar-refractivity contribution in [3.63, 3.8) is 0 Å². The van der Waals surface area contributed by atoms with Crippen molar-refractivity contribution in [2.45, 2.75) is 77.6 Å². The van der Waals surface area contributed by atoms with Crippen LogP contribution in [0.2, 0.25) is 0 Å². The predicted octanol–water partition coefficient (Wildman–Crippen LogP) is 4.66. The van der Waals surface area contributed by atoms with E-state index in [1.807, 2.05) is 0 Å². The number of hydrogen-bond donors (Lipinski definition) is 2. The zero-order valence-electron chi connectivity index (χ0n) is 15.2. The molecule has 1 fully saturated rings. The van der Waals surface area contributed by atoms with E-state index >= 15 is 0 Å². The lowest BCUT2D eigenvalue weighted by molar-refractivity contribution is -0.116. The van der Waals surface area contributed by atoms with Crippen LogP contribution in [0.3, 0.4) is 0 Å². The minimum absolute atomic E-state index is 0.0266. The maximum absolute atomic E-state index is 12.4. The smallest absolute Gasteiger partial charge is 0.251 e. The maximum Gasteiger partial charge on any atom is 0.251 e. The Balaban J connectivity index is 1.66. The van der Waals surface area contributed by atoms with Crippen molar-refractivity contribution in [2.24, 2.45) is 17.6 Å². The van der Waals surface area contributed by atoms with Gasteiger partial charge in [0.25, 0.3) is 5.91 Å². The highest BCUT2D eigenvalue weighted by Gasteiger charge is 2.28. The molecule has 0 aromatic carbocycles. The predicted molar refractivity (Wildman–Crippen MR) is 103 cm³/mol. The first-order chi connectivity index (χ1) is 12.1. The Bertz CT molecular complexity index is 632. The van der Waals surface area contributed by atoms with Crippen LogP contribution < -0.4 is 11.1 Å². The number of amides is 2. The summed E-state index contributed by atoms with van der Waals surface area (Å²) < 4.78 is 0. The molecule has 0 aliphatic heterocycles. The zero-order valence-corrected chi connectivity index (χ0v) is 16.1. The molecular weight excluding hydrogens is 332 g/mol. The fourth-order valence-corrected chi connectivity index (χ4v) is 5.74. The Hall–Kier alpha value is -1.36. The van der Waals surface area contributed by atoms with Gasteiger partial charge in [0.1, 0.15) is 5.00 Å². The second-order valence-corrected chi connectivity index (χ2v) is 8.79. The molecule has 1 atom stereocenters. The molecule has 1 aromatic heterocycles. The monoisotopic (exact) mass is 362 g/mol. The molecule has 2 aliphatic rings. The van der Waals surface area contributed by atoms with E-state index in [4.69, 9.17) is 5.73 Å². The number of nitrogens with one attached hydrogen (secondary N) is 1. The Kier molecular flexibility index (Phi) is 6.15. The summed E-state index contributed by atoms with van der Waals surface area (Å²) in [6.45, 7) is 2.21. The molecule has 1 heterocycles. The molecule has 138 valence electrons. The van der Waals surface area contributed by atoms with Crippen molar-refractivity contribution in [3.05, 3.63) is 16.0 Å². The van der Waals surface area contributed by atoms with Crippen LogP contribution >= 0.6 is 11.3 Å². The molecule has 1 aromatic rings. The third-order valence-corrected chi connectivity index (χ3v) is 7.12. The van der Waals surface area contributed by atoms with Crippen LogP contribution in [0.4, 0.5) is 5.00 Å². The van der Waals surface area contributed by atoms with E-state index in [0.29, 0.717) is 28.8 Å². The topological polar surface area (TPSA) is 72.2 Å². The Morgan fingerprint density at radius 3 is 2.60 bits per heavy atom. The fourth-order valence-electron chi connectivity index (χ4n) is 4.35. The molecule has 2 amide bonds. The summed E-state index contributed by atoms with van der Waals surface area (Å²) in [6.07, 6.45) is 12.1. The van der Waals surface area contributed by atoms with Gasteiger partial charge in [-0.15, -0.1) is 11.3 Å². The molecule has 0 bridgehead atoms. The summed E-state index contributed by atoms with van der Waals surface area (Å²) in [5, 5.41) is 3.68. The minimum atomic E-state index is -0.407. The standard InChI is InChI=1S/C20H30N2O2S/c1-2-13-8-10-15-16(12-13)25-20(18(15)19(21)24)22-17(23)11-9-14-6-4-3-5-7-14/h13-14H,2-12H2,1H3,(H2,21,24)(H,22,23)/t13-/m1/s1. The Labute approximate surface area is 154 Å². The van der Waals surface area contributed by atoms with Gasteiger partial charge in [-0.1, -0.05) is 45.4 Å². The van der Waals surface area contributed by atoms with Gasteiger partial charge in [0, 0.05) is 11.3 Å². The minimum Gasteiger partial charge on any atom is -0.365 e. The van der Waals surface area contributed by atoms with Crippen LogP contribution in [0.1, 0.15) is 85.5 Å². The fraction of sp³-hybridized carbons (Fsp3) is 0.700. The van der Waals surface area contributed by atoms with Gasteiger partial charge in [-0.05, 0) is 43.1 Å². The molecule has 3 N–H and O–H groups in total. The molecule has 0 unspecified atom stereocenters. The van der Waals surface area contributed by atoms with Gasteiger partial charge in [-0.2, -0.15) is 0 Å². The third kappa shape index (κ3) is 4.43. The molecule has 0 saturated heterocycles. The number of hydrogen-bond acceptors (Lipinski definition) is 3. The van der Waals surface area contributed by atoms with Gasteiger partial charge < -0.3 is 11.1 Å². The maximum atomic E-state index is 12.4. The van der Waals surface area contributed by atoms with Gasteiger partial charge in [-0.3, -0.25) is 9.59 Å². The molecule has 1 saturated carbocycles. The van der Waals surface area contributed by atoms with E-state index in [1.54, 1.807) is 11.3 Å². The quantitative estimate of drug-likeness (QED) is 0.772. The third-order valence-electron chi connectivity index (χ3n) is 5.95. The van der Waals surface area contributed by atoms with Crippen molar-refractivity contribution in [1.29, 1.82) is 0 Å². The first kappa shape index (κ1) is 18.4. The van der Waals surface area contributed by atoms with Crippen LogP contribution in [0, 0.1) is 11.8 Å². The lowest BCUT2D eigenvalue weighted by Crippen LogP contribution is -2.20. The van der Waals surface area contributed by atoms with E-state index in [1.165, 1.54) is 37.0 Å². The molecule has 5 heteroatoms. The van der Waals surface area contributed by atoms with E-state index in [-0.39, 0.29) is 5.91 Å². The summed E-state index contributed by atoms with van der Waals surface area (Å²) in [4.78, 5) is 25.6. The van der Waals surface area contributed by atoms with Crippen molar-refractivity contribution in [2.75, 3.05) is 5.32 Å². The average Bonchev–Trinajstić information content (AvgIpc) is 2.97. The zero-order chi connectivity index (χ0) is 17.8. The summed E-state index contributed by atoms with van der Waals surface area (Å²) in [5.41, 5.74) is 7.29. The molecule has 25 heavy (non-hydrogen) atoms. The summed E-state index contributed by atoms with van der Waals surface area (Å²) in [6, 6.07) is 0. The number of rotatable bonds is 6. The molecule has 4 nitrogen and oxygen atoms in total. The van der Waals surface area contributed by atoms with Crippen molar-refractivity contribution in [1.82, 2.24) is 0 Å². The van der Waals surface area contributed by atoms with Crippen molar-refractivity contribution in [3.8, 4) is 0 Å². The largest absolute Gasteiger partial charge is 0.365 e. The summed E-state index contributed by atoms with van der Waals surface area (Å²) in [5.74, 6) is 0.993. The van der Waals surface area contributed by atoms with Gasteiger partial charge in [-0.25, -0.2) is 0 Å². The van der Waals surface area contributed by atoms with E-state index in [0.717, 1.165) is 37.7 Å². The van der Waals surface area contributed by atoms with Gasteiger partial charge in [0.15, 0.2) is 0 Å². The van der Waals surface area contributed by atoms with E-state index in [2.05, 4.69) is 12.2 Å². The van der Waals surface area contributed by atoms with Crippen molar-refractivity contribution >= 4 is 28.2 Å². The highest BCUT2D eigenvalue weighted by atomic mass is 32.1. The molecular formula is C20H30N2O2S. The highest BCUT2D eigenvalue weighted by molar-refractivity contribution is 7.17. The number of carbonyl (C=O) groups excluding carboxylic acids is 2. The molecule has 2 aliphatic carbocycles.